The van der Waals surface area contributed by atoms with E-state index in [1.165, 1.54) is 0 Å². The number of rotatable bonds is 4. The molecule has 6 rings (SSSR count). The summed E-state index contributed by atoms with van der Waals surface area (Å²) in [7, 11) is 0. The van der Waals surface area contributed by atoms with Crippen molar-refractivity contribution in [1.29, 1.82) is 0 Å². The monoisotopic (exact) mass is 415 g/mol. The van der Waals surface area contributed by atoms with Gasteiger partial charge >= 0.3 is 0 Å². The molecule has 5 heterocycles. The fourth-order valence-electron chi connectivity index (χ4n) is 4.00. The molecule has 0 radical (unpaired) electrons. The van der Waals surface area contributed by atoms with Crippen LogP contribution in [0.25, 0.3) is 28.3 Å². The average Bonchev–Trinajstić information content (AvgIpc) is 3.53. The van der Waals surface area contributed by atoms with E-state index in [0.717, 1.165) is 55.4 Å². The van der Waals surface area contributed by atoms with Crippen LogP contribution >= 0.6 is 0 Å². The van der Waals surface area contributed by atoms with E-state index in [0.29, 0.717) is 23.2 Å². The Labute approximate surface area is 177 Å². The molecule has 0 unspecified atom stereocenters. The van der Waals surface area contributed by atoms with Crippen LogP contribution in [-0.2, 0) is 6.54 Å². The molecule has 0 aliphatic carbocycles. The molecule has 0 spiro atoms. The molecule has 0 bridgehead atoms. The molecular weight excluding hydrogens is 394 g/mol. The number of para-hydroxylation sites is 2. The van der Waals surface area contributed by atoms with E-state index in [1.54, 1.807) is 16.8 Å². The van der Waals surface area contributed by atoms with Gasteiger partial charge in [-0.15, -0.1) is 5.10 Å². The topological polar surface area (TPSA) is 117 Å². The van der Waals surface area contributed by atoms with E-state index in [-0.39, 0.29) is 0 Å². The lowest BCUT2D eigenvalue weighted by Gasteiger charge is -2.35. The Kier molecular flexibility index (Phi) is 4.10. The Balaban J connectivity index is 1.17. The Morgan fingerprint density at radius 3 is 2.68 bits per heavy atom. The molecule has 1 aromatic carbocycles. The van der Waals surface area contributed by atoms with Gasteiger partial charge in [-0.1, -0.05) is 12.1 Å². The molecule has 0 amide bonds. The van der Waals surface area contributed by atoms with Crippen LogP contribution in [0.1, 0.15) is 5.82 Å². The number of imidazole rings is 1. The number of nitrogens with zero attached hydrogens (tertiary/aromatic N) is 7. The number of nitrogens with two attached hydrogens (primary N) is 1. The first-order chi connectivity index (χ1) is 15.2. The van der Waals surface area contributed by atoms with Crippen LogP contribution in [0.3, 0.4) is 0 Å². The smallest absolute Gasteiger partial charge is 0.225 e. The van der Waals surface area contributed by atoms with E-state index in [1.807, 2.05) is 30.3 Å². The van der Waals surface area contributed by atoms with Crippen LogP contribution in [-0.4, -0.2) is 60.6 Å². The third-order valence-corrected chi connectivity index (χ3v) is 5.59. The third kappa shape index (κ3) is 3.26. The Morgan fingerprint density at radius 2 is 1.87 bits per heavy atom. The number of piperazine rings is 1. The van der Waals surface area contributed by atoms with Crippen molar-refractivity contribution in [3.8, 4) is 11.6 Å². The van der Waals surface area contributed by atoms with Gasteiger partial charge in [0, 0.05) is 32.2 Å². The first-order valence-electron chi connectivity index (χ1n) is 10.2. The second-order valence-electron chi connectivity index (χ2n) is 7.62. The highest BCUT2D eigenvalue weighted by Gasteiger charge is 2.21. The maximum Gasteiger partial charge on any atom is 0.225 e. The van der Waals surface area contributed by atoms with Gasteiger partial charge in [-0.3, -0.25) is 4.90 Å². The first-order valence-corrected chi connectivity index (χ1v) is 10.2. The number of benzene rings is 1. The van der Waals surface area contributed by atoms with Crippen molar-refractivity contribution in [1.82, 2.24) is 34.4 Å². The van der Waals surface area contributed by atoms with Crippen LogP contribution in [0.4, 0.5) is 11.8 Å². The Hall–Kier alpha value is -3.92. The second kappa shape index (κ2) is 7.10. The predicted octanol–water partition coefficient (Wildman–Crippen LogP) is 2.16. The van der Waals surface area contributed by atoms with Crippen LogP contribution in [0.5, 0.6) is 0 Å². The summed E-state index contributed by atoms with van der Waals surface area (Å²) in [4.78, 5) is 21.8. The van der Waals surface area contributed by atoms with E-state index in [2.05, 4.69) is 40.9 Å². The standard InChI is InChI=1S/C21H21N9O/c22-21-26-18(12-19-25-20(27-30(19)21)16-6-3-11-31-16)29-9-7-28(8-10-29)13-17-23-14-4-1-2-5-15(14)24-17/h1-6,11-12H,7-10,13H2,(H2,22,26)(H,23,24). The number of nitrogens with one attached hydrogen (secondary N) is 1. The van der Waals surface area contributed by atoms with Crippen molar-refractivity contribution in [2.24, 2.45) is 0 Å². The van der Waals surface area contributed by atoms with Crippen molar-refractivity contribution in [2.75, 3.05) is 36.8 Å². The summed E-state index contributed by atoms with van der Waals surface area (Å²) in [6.45, 7) is 4.32. The molecule has 4 aromatic heterocycles. The summed E-state index contributed by atoms with van der Waals surface area (Å²) in [6.07, 6.45) is 1.60. The van der Waals surface area contributed by atoms with Gasteiger partial charge in [0.1, 0.15) is 11.6 Å². The summed E-state index contributed by atoms with van der Waals surface area (Å²) < 4.78 is 6.93. The van der Waals surface area contributed by atoms with Gasteiger partial charge in [0.15, 0.2) is 11.4 Å². The van der Waals surface area contributed by atoms with E-state index >= 15 is 0 Å². The maximum atomic E-state index is 6.17. The highest BCUT2D eigenvalue weighted by atomic mass is 16.3. The highest BCUT2D eigenvalue weighted by molar-refractivity contribution is 5.74. The molecule has 10 nitrogen and oxygen atoms in total. The quantitative estimate of drug-likeness (QED) is 0.459. The van der Waals surface area contributed by atoms with Crippen LogP contribution in [0.2, 0.25) is 0 Å². The summed E-state index contributed by atoms with van der Waals surface area (Å²) in [6, 6.07) is 13.7. The molecule has 10 heteroatoms. The summed E-state index contributed by atoms with van der Waals surface area (Å²) in [5.41, 5.74) is 8.90. The summed E-state index contributed by atoms with van der Waals surface area (Å²) in [5.74, 6) is 3.21. The molecule has 1 fully saturated rings. The zero-order chi connectivity index (χ0) is 20.8. The Morgan fingerprint density at radius 1 is 1.00 bits per heavy atom. The number of fused-ring (bicyclic) bond motifs is 2. The number of hydrogen-bond acceptors (Lipinski definition) is 8. The van der Waals surface area contributed by atoms with Crippen molar-refractivity contribution < 1.29 is 4.42 Å². The minimum atomic E-state index is 0.308. The van der Waals surface area contributed by atoms with Crippen molar-refractivity contribution >= 4 is 28.4 Å². The number of H-pyrrole nitrogens is 1. The SMILES string of the molecule is Nc1nc(N2CCN(Cc3nc4ccccc4[nH]3)CC2)cc2nc(-c3ccco3)nn12. The molecule has 1 saturated heterocycles. The largest absolute Gasteiger partial charge is 0.461 e. The summed E-state index contributed by atoms with van der Waals surface area (Å²) >= 11 is 0. The van der Waals surface area contributed by atoms with Crippen LogP contribution in [0.15, 0.2) is 53.1 Å². The predicted molar refractivity (Wildman–Crippen MR) is 116 cm³/mol. The number of furan rings is 1. The number of aromatic amines is 1. The molecule has 31 heavy (non-hydrogen) atoms. The highest BCUT2D eigenvalue weighted by Crippen LogP contribution is 2.22. The fraction of sp³-hybridized carbons (Fsp3) is 0.238. The molecule has 1 aliphatic rings. The van der Waals surface area contributed by atoms with E-state index < -0.39 is 0 Å². The molecule has 5 aromatic rings. The van der Waals surface area contributed by atoms with Gasteiger partial charge in [-0.2, -0.15) is 9.50 Å². The van der Waals surface area contributed by atoms with Crippen molar-refractivity contribution in [3.63, 3.8) is 0 Å². The second-order valence-corrected chi connectivity index (χ2v) is 7.62. The van der Waals surface area contributed by atoms with Gasteiger partial charge in [0.25, 0.3) is 0 Å². The summed E-state index contributed by atoms with van der Waals surface area (Å²) in [5, 5.41) is 4.40. The molecule has 0 atom stereocenters. The maximum absolute atomic E-state index is 6.17. The Bertz CT molecular complexity index is 1310. The van der Waals surface area contributed by atoms with Gasteiger partial charge in [-0.25, -0.2) is 9.97 Å². The minimum absolute atomic E-state index is 0.308. The van der Waals surface area contributed by atoms with Crippen LogP contribution < -0.4 is 10.6 Å². The average molecular weight is 415 g/mol. The molecule has 0 saturated carbocycles. The minimum Gasteiger partial charge on any atom is -0.461 e. The molecule has 1 aliphatic heterocycles. The van der Waals surface area contributed by atoms with Crippen molar-refractivity contribution in [2.45, 2.75) is 6.54 Å². The van der Waals surface area contributed by atoms with E-state index in [4.69, 9.17) is 10.2 Å². The zero-order valence-corrected chi connectivity index (χ0v) is 16.8. The van der Waals surface area contributed by atoms with Crippen LogP contribution in [0, 0.1) is 0 Å². The van der Waals surface area contributed by atoms with E-state index in [9.17, 15) is 0 Å². The van der Waals surface area contributed by atoms with Gasteiger partial charge in [0.05, 0.1) is 23.8 Å². The first kappa shape index (κ1) is 17.9. The molecule has 3 N–H and O–H groups in total. The number of nitrogen functional groups attached to an aromatic ring is 1. The number of aromatic nitrogens is 6. The van der Waals surface area contributed by atoms with Gasteiger partial charge in [-0.05, 0) is 24.3 Å². The van der Waals surface area contributed by atoms with Gasteiger partial charge in [0.2, 0.25) is 11.8 Å². The number of hydrogen-bond donors (Lipinski definition) is 2. The lowest BCUT2D eigenvalue weighted by atomic mass is 10.3. The molecule has 156 valence electrons. The molecular formula is C21H21N9O. The number of anilines is 2. The lowest BCUT2D eigenvalue weighted by molar-refractivity contribution is 0.244. The zero-order valence-electron chi connectivity index (χ0n) is 16.8. The normalized spacial score (nSPS) is 15.3. The van der Waals surface area contributed by atoms with Crippen molar-refractivity contribution in [3.05, 3.63) is 54.6 Å². The van der Waals surface area contributed by atoms with Gasteiger partial charge < -0.3 is 20.0 Å². The lowest BCUT2D eigenvalue weighted by Crippen LogP contribution is -2.46. The third-order valence-electron chi connectivity index (χ3n) is 5.59. The fourth-order valence-corrected chi connectivity index (χ4v) is 4.00.